The maximum atomic E-state index is 8.46. The summed E-state index contributed by atoms with van der Waals surface area (Å²) in [5.74, 6) is 0. The smallest absolute Gasteiger partial charge is 0.0695 e. The Hall–Kier alpha value is -2.32. The van der Waals surface area contributed by atoms with Crippen LogP contribution in [0, 0.1) is 5.41 Å². The number of hydrogen-bond acceptors (Lipinski definition) is 2. The van der Waals surface area contributed by atoms with Crippen LogP contribution in [0.4, 0.5) is 0 Å². The maximum Gasteiger partial charge on any atom is 0.0695 e. The molecule has 0 aliphatic rings. The molecule has 3 aromatic rings. The Bertz CT molecular complexity index is 736. The van der Waals surface area contributed by atoms with E-state index in [1.165, 1.54) is 4.90 Å². The molecule has 0 aliphatic carbocycles. The second-order valence-corrected chi connectivity index (χ2v) is 5.77. The zero-order valence-corrected chi connectivity index (χ0v) is 12.3. The quantitative estimate of drug-likeness (QED) is 0.651. The summed E-state index contributed by atoms with van der Waals surface area (Å²) in [6.45, 7) is 0. The number of nitrogens with one attached hydrogen (secondary N) is 1. The fraction of sp³-hybridized carbons (Fsp3) is 0. The minimum Gasteiger partial charge on any atom is -0.300 e. The Kier molecular flexibility index (Phi) is 4.17. The highest BCUT2D eigenvalue weighted by molar-refractivity contribution is 7.99. The molecule has 3 rings (SSSR count). The van der Waals surface area contributed by atoms with Crippen molar-refractivity contribution in [2.24, 2.45) is 0 Å². The standard InChI is InChI=1S/C19H15NS/c20-19(15-9-3-1-4-10-15)17-13-7-8-14-18(17)21-16-11-5-2-6-12-16/h1-14,20H. The molecule has 0 atom stereocenters. The van der Waals surface area contributed by atoms with Gasteiger partial charge in [0.25, 0.3) is 0 Å². The minimum atomic E-state index is 0.564. The van der Waals surface area contributed by atoms with Gasteiger partial charge in [0.05, 0.1) is 5.71 Å². The van der Waals surface area contributed by atoms with E-state index in [9.17, 15) is 0 Å². The SMILES string of the molecule is N=C(c1ccccc1)c1ccccc1Sc1ccccc1. The molecular weight excluding hydrogens is 274 g/mol. The van der Waals surface area contributed by atoms with E-state index in [4.69, 9.17) is 5.41 Å². The average molecular weight is 289 g/mol. The second-order valence-electron chi connectivity index (χ2n) is 4.65. The molecule has 0 aromatic heterocycles. The summed E-state index contributed by atoms with van der Waals surface area (Å²) in [4.78, 5) is 2.29. The van der Waals surface area contributed by atoms with Gasteiger partial charge in [-0.1, -0.05) is 78.5 Å². The lowest BCUT2D eigenvalue weighted by Gasteiger charge is -2.10. The maximum absolute atomic E-state index is 8.46. The van der Waals surface area contributed by atoms with Gasteiger partial charge in [-0.2, -0.15) is 0 Å². The Balaban J connectivity index is 1.95. The summed E-state index contributed by atoms with van der Waals surface area (Å²) in [7, 11) is 0. The van der Waals surface area contributed by atoms with Crippen LogP contribution in [-0.4, -0.2) is 5.71 Å². The van der Waals surface area contributed by atoms with E-state index in [1.54, 1.807) is 11.8 Å². The number of benzene rings is 3. The molecule has 2 heteroatoms. The van der Waals surface area contributed by atoms with E-state index in [0.29, 0.717) is 5.71 Å². The predicted octanol–water partition coefficient (Wildman–Crippen LogP) is 5.25. The summed E-state index contributed by atoms with van der Waals surface area (Å²) < 4.78 is 0. The largest absolute Gasteiger partial charge is 0.300 e. The highest BCUT2D eigenvalue weighted by Gasteiger charge is 2.10. The lowest BCUT2D eigenvalue weighted by atomic mass is 10.0. The summed E-state index contributed by atoms with van der Waals surface area (Å²) in [6, 6.07) is 28.2. The van der Waals surface area contributed by atoms with E-state index >= 15 is 0 Å². The van der Waals surface area contributed by atoms with Crippen LogP contribution in [0.15, 0.2) is 94.7 Å². The van der Waals surface area contributed by atoms with Crippen LogP contribution >= 0.6 is 11.8 Å². The highest BCUT2D eigenvalue weighted by Crippen LogP contribution is 2.31. The van der Waals surface area contributed by atoms with Gasteiger partial charge < -0.3 is 0 Å². The summed E-state index contributed by atoms with van der Waals surface area (Å²) in [5, 5.41) is 8.46. The predicted molar refractivity (Wildman–Crippen MR) is 89.4 cm³/mol. The molecule has 0 heterocycles. The first-order valence-electron chi connectivity index (χ1n) is 6.81. The van der Waals surface area contributed by atoms with Crippen LogP contribution in [0.2, 0.25) is 0 Å². The number of rotatable bonds is 4. The van der Waals surface area contributed by atoms with Crippen molar-refractivity contribution in [2.45, 2.75) is 9.79 Å². The zero-order valence-electron chi connectivity index (χ0n) is 11.5. The molecule has 0 saturated heterocycles. The van der Waals surface area contributed by atoms with Crippen molar-refractivity contribution in [3.05, 3.63) is 96.1 Å². The van der Waals surface area contributed by atoms with Gasteiger partial charge >= 0.3 is 0 Å². The third kappa shape index (κ3) is 3.23. The van der Waals surface area contributed by atoms with Crippen molar-refractivity contribution >= 4 is 17.5 Å². The van der Waals surface area contributed by atoms with Gasteiger partial charge in [-0.3, -0.25) is 5.41 Å². The van der Waals surface area contributed by atoms with Crippen LogP contribution in [0.25, 0.3) is 0 Å². The van der Waals surface area contributed by atoms with E-state index in [-0.39, 0.29) is 0 Å². The van der Waals surface area contributed by atoms with Crippen LogP contribution in [0.1, 0.15) is 11.1 Å². The van der Waals surface area contributed by atoms with Crippen LogP contribution in [-0.2, 0) is 0 Å². The molecule has 0 aliphatic heterocycles. The molecule has 0 amide bonds. The van der Waals surface area contributed by atoms with Gasteiger partial charge in [0.2, 0.25) is 0 Å². The number of hydrogen-bond donors (Lipinski definition) is 1. The van der Waals surface area contributed by atoms with Gasteiger partial charge in [0, 0.05) is 20.9 Å². The Labute approximate surface area is 129 Å². The van der Waals surface area contributed by atoms with Crippen molar-refractivity contribution in [3.8, 4) is 0 Å². The first-order valence-corrected chi connectivity index (χ1v) is 7.62. The lowest BCUT2D eigenvalue weighted by molar-refractivity contribution is 1.35. The summed E-state index contributed by atoms with van der Waals surface area (Å²) in [6.07, 6.45) is 0. The zero-order chi connectivity index (χ0) is 14.5. The molecule has 0 fully saturated rings. The average Bonchev–Trinajstić information content (AvgIpc) is 2.56. The molecule has 0 unspecified atom stereocenters. The highest BCUT2D eigenvalue weighted by atomic mass is 32.2. The van der Waals surface area contributed by atoms with Crippen molar-refractivity contribution in [1.29, 1.82) is 5.41 Å². The fourth-order valence-electron chi connectivity index (χ4n) is 2.14. The molecule has 21 heavy (non-hydrogen) atoms. The summed E-state index contributed by atoms with van der Waals surface area (Å²) in [5.41, 5.74) is 2.48. The minimum absolute atomic E-state index is 0.564. The van der Waals surface area contributed by atoms with Gasteiger partial charge in [-0.05, 0) is 18.2 Å². The topological polar surface area (TPSA) is 23.9 Å². The van der Waals surface area contributed by atoms with Crippen molar-refractivity contribution in [3.63, 3.8) is 0 Å². The van der Waals surface area contributed by atoms with E-state index in [0.717, 1.165) is 16.0 Å². The van der Waals surface area contributed by atoms with Gasteiger partial charge in [-0.15, -0.1) is 0 Å². The van der Waals surface area contributed by atoms with Crippen molar-refractivity contribution in [2.75, 3.05) is 0 Å². The molecule has 102 valence electrons. The molecule has 0 saturated carbocycles. The van der Waals surface area contributed by atoms with Gasteiger partial charge in [0.1, 0.15) is 0 Å². The first-order chi connectivity index (χ1) is 10.3. The molecule has 0 bridgehead atoms. The van der Waals surface area contributed by atoms with E-state index < -0.39 is 0 Å². The third-order valence-electron chi connectivity index (χ3n) is 3.19. The molecular formula is C19H15NS. The first kappa shape index (κ1) is 13.7. The lowest BCUT2D eigenvalue weighted by Crippen LogP contribution is -2.02. The van der Waals surface area contributed by atoms with Crippen LogP contribution in [0.5, 0.6) is 0 Å². The van der Waals surface area contributed by atoms with Gasteiger partial charge in [-0.25, -0.2) is 0 Å². The van der Waals surface area contributed by atoms with E-state index in [2.05, 4.69) is 18.2 Å². The Morgan fingerprint density at radius 3 is 1.95 bits per heavy atom. The van der Waals surface area contributed by atoms with Crippen molar-refractivity contribution in [1.82, 2.24) is 0 Å². The normalized spacial score (nSPS) is 10.3. The molecule has 3 aromatic carbocycles. The molecule has 0 radical (unpaired) electrons. The van der Waals surface area contributed by atoms with Crippen molar-refractivity contribution < 1.29 is 0 Å². The molecule has 0 spiro atoms. The Morgan fingerprint density at radius 1 is 0.667 bits per heavy atom. The van der Waals surface area contributed by atoms with Crippen LogP contribution < -0.4 is 0 Å². The monoisotopic (exact) mass is 289 g/mol. The van der Waals surface area contributed by atoms with Gasteiger partial charge in [0.15, 0.2) is 0 Å². The van der Waals surface area contributed by atoms with Crippen LogP contribution in [0.3, 0.4) is 0 Å². The third-order valence-corrected chi connectivity index (χ3v) is 4.27. The molecule has 1 N–H and O–H groups in total. The molecule has 1 nitrogen and oxygen atoms in total. The second kappa shape index (κ2) is 6.42. The summed E-state index contributed by atoms with van der Waals surface area (Å²) >= 11 is 1.70. The fourth-order valence-corrected chi connectivity index (χ4v) is 3.11. The van der Waals surface area contributed by atoms with E-state index in [1.807, 2.05) is 66.7 Å². The Morgan fingerprint density at radius 2 is 1.24 bits per heavy atom.